The molecule has 0 aliphatic carbocycles. The number of oxazole rings is 1. The van der Waals surface area contributed by atoms with Gasteiger partial charge in [-0.05, 0) is 48.2 Å². The van der Waals surface area contributed by atoms with E-state index in [0.717, 1.165) is 21.8 Å². The van der Waals surface area contributed by atoms with Crippen molar-refractivity contribution in [3.63, 3.8) is 0 Å². The van der Waals surface area contributed by atoms with Gasteiger partial charge < -0.3 is 13.9 Å². The van der Waals surface area contributed by atoms with Crippen LogP contribution in [0.1, 0.15) is 5.76 Å². The Morgan fingerprint density at radius 2 is 1.81 bits per heavy atom. The maximum atomic E-state index is 11.6. The van der Waals surface area contributed by atoms with Gasteiger partial charge in [0.05, 0.1) is 0 Å². The molecule has 0 spiro atoms. The molecule has 2 aromatic heterocycles. The Balaban J connectivity index is 1.61. The summed E-state index contributed by atoms with van der Waals surface area (Å²) >= 11 is 4.34. The monoisotopic (exact) mass is 441 g/mol. The number of carbonyl (C=O) groups is 1. The van der Waals surface area contributed by atoms with Crippen LogP contribution in [0.3, 0.4) is 0 Å². The van der Waals surface area contributed by atoms with Crippen LogP contribution in [0.25, 0.3) is 28.5 Å². The summed E-state index contributed by atoms with van der Waals surface area (Å²) in [5, 5.41) is 9.79. The molecule has 7 heteroatoms. The van der Waals surface area contributed by atoms with Crippen LogP contribution in [0.5, 0.6) is 0 Å². The molecule has 134 valence electrons. The van der Waals surface area contributed by atoms with Gasteiger partial charge in [-0.2, -0.15) is 0 Å². The first-order valence-electron chi connectivity index (χ1n) is 7.93. The molecule has 0 aliphatic rings. The van der Waals surface area contributed by atoms with Crippen molar-refractivity contribution in [2.75, 3.05) is 0 Å². The van der Waals surface area contributed by atoms with Gasteiger partial charge in [-0.15, -0.1) is 0 Å². The maximum Gasteiger partial charge on any atom is 0.342 e. The fourth-order valence-electron chi connectivity index (χ4n) is 2.45. The minimum Gasteiger partial charge on any atom is -0.477 e. The molecule has 2 aromatic carbocycles. The van der Waals surface area contributed by atoms with Crippen LogP contribution in [0.2, 0.25) is 0 Å². The van der Waals surface area contributed by atoms with Crippen molar-refractivity contribution in [3.05, 3.63) is 75.8 Å². The zero-order valence-electron chi connectivity index (χ0n) is 13.8. The zero-order valence-corrected chi connectivity index (χ0v) is 16.2. The predicted molar refractivity (Wildman–Crippen MR) is 107 cm³/mol. The minimum atomic E-state index is -1.08. The third-order valence-electron chi connectivity index (χ3n) is 3.71. The van der Waals surface area contributed by atoms with E-state index in [4.69, 9.17) is 8.83 Å². The molecule has 0 saturated carbocycles. The fraction of sp³-hybridized carbons (Fsp3) is 0. The second kappa shape index (κ2) is 7.46. The van der Waals surface area contributed by atoms with Gasteiger partial charge in [0.15, 0.2) is 5.58 Å². The lowest BCUT2D eigenvalue weighted by Gasteiger charge is -1.98. The first-order chi connectivity index (χ1) is 13.1. The Bertz CT molecular complexity index is 1110. The number of halogens is 1. The van der Waals surface area contributed by atoms with E-state index >= 15 is 0 Å². The second-order valence-corrected chi connectivity index (χ2v) is 7.48. The minimum absolute atomic E-state index is 0.0539. The molecular formula is C20H12BrNO4S. The molecule has 5 nitrogen and oxygen atoms in total. The lowest BCUT2D eigenvalue weighted by molar-refractivity contribution is -0.131. The number of carboxylic acid groups (broad SMARTS) is 1. The Kier molecular flexibility index (Phi) is 4.87. The summed E-state index contributed by atoms with van der Waals surface area (Å²) in [6.45, 7) is 0. The smallest absolute Gasteiger partial charge is 0.342 e. The van der Waals surface area contributed by atoms with E-state index < -0.39 is 5.97 Å². The van der Waals surface area contributed by atoms with E-state index in [2.05, 4.69) is 20.9 Å². The van der Waals surface area contributed by atoms with Gasteiger partial charge in [0.25, 0.3) is 5.22 Å². The predicted octanol–water partition coefficient (Wildman–Crippen LogP) is 6.07. The van der Waals surface area contributed by atoms with Crippen molar-refractivity contribution in [3.8, 4) is 11.3 Å². The van der Waals surface area contributed by atoms with Crippen molar-refractivity contribution in [2.24, 2.45) is 0 Å². The summed E-state index contributed by atoms with van der Waals surface area (Å²) in [5.74, 6) is 0.0168. The van der Waals surface area contributed by atoms with Crippen LogP contribution >= 0.6 is 27.7 Å². The SMILES string of the molecule is O=C(O)/C(=C/c1ccc(-c2ccc(Br)cc2)o1)Sc1nc2ccccc2o1. The molecular weight excluding hydrogens is 430 g/mol. The average Bonchev–Trinajstić information content (AvgIpc) is 3.28. The summed E-state index contributed by atoms with van der Waals surface area (Å²) in [7, 11) is 0. The van der Waals surface area contributed by atoms with Gasteiger partial charge in [0.2, 0.25) is 0 Å². The summed E-state index contributed by atoms with van der Waals surface area (Å²) in [6, 6.07) is 18.5. The molecule has 4 rings (SSSR count). The van der Waals surface area contributed by atoms with E-state index in [-0.39, 0.29) is 10.1 Å². The van der Waals surface area contributed by atoms with Gasteiger partial charge in [-0.1, -0.05) is 40.2 Å². The first-order valence-corrected chi connectivity index (χ1v) is 9.53. The van der Waals surface area contributed by atoms with E-state index in [1.165, 1.54) is 6.08 Å². The highest BCUT2D eigenvalue weighted by atomic mass is 79.9. The first kappa shape index (κ1) is 17.6. The molecule has 0 unspecified atom stereocenters. The number of para-hydroxylation sites is 2. The summed E-state index contributed by atoms with van der Waals surface area (Å²) in [4.78, 5) is 16.0. The summed E-state index contributed by atoms with van der Waals surface area (Å²) in [6.07, 6.45) is 1.46. The lowest BCUT2D eigenvalue weighted by Crippen LogP contribution is -1.96. The number of furan rings is 1. The molecule has 0 atom stereocenters. The van der Waals surface area contributed by atoms with E-state index in [1.807, 2.05) is 42.5 Å². The Hall–Kier alpha value is -2.77. The quantitative estimate of drug-likeness (QED) is 0.299. The number of aromatic nitrogens is 1. The highest BCUT2D eigenvalue weighted by molar-refractivity contribution is 9.10. The Morgan fingerprint density at radius 3 is 2.56 bits per heavy atom. The number of thioether (sulfide) groups is 1. The molecule has 0 amide bonds. The number of fused-ring (bicyclic) bond motifs is 1. The third-order valence-corrected chi connectivity index (χ3v) is 5.10. The van der Waals surface area contributed by atoms with Crippen LogP contribution in [-0.2, 0) is 4.79 Å². The highest BCUT2D eigenvalue weighted by Gasteiger charge is 2.16. The van der Waals surface area contributed by atoms with E-state index in [9.17, 15) is 9.90 Å². The average molecular weight is 442 g/mol. The standard InChI is InChI=1S/C20H12BrNO4S/c21-13-7-5-12(6-8-13)16-10-9-14(25-16)11-18(19(23)24)27-20-22-15-3-1-2-4-17(15)26-20/h1-11H,(H,23,24)/b18-11-. The lowest BCUT2D eigenvalue weighted by atomic mass is 10.2. The number of hydrogen-bond acceptors (Lipinski definition) is 5. The summed E-state index contributed by atoms with van der Waals surface area (Å²) < 4.78 is 12.3. The van der Waals surface area contributed by atoms with Crippen LogP contribution in [0.4, 0.5) is 0 Å². The van der Waals surface area contributed by atoms with Crippen molar-refractivity contribution < 1.29 is 18.7 Å². The van der Waals surface area contributed by atoms with Gasteiger partial charge in [-0.25, -0.2) is 9.78 Å². The molecule has 0 fully saturated rings. The summed E-state index contributed by atoms with van der Waals surface area (Å²) in [5.41, 5.74) is 2.20. The number of aliphatic carboxylic acids is 1. The number of nitrogens with zero attached hydrogens (tertiary/aromatic N) is 1. The molecule has 0 radical (unpaired) electrons. The largest absolute Gasteiger partial charge is 0.477 e. The fourth-order valence-corrected chi connectivity index (χ4v) is 3.44. The van der Waals surface area contributed by atoms with Crippen LogP contribution < -0.4 is 0 Å². The molecule has 2 heterocycles. The molecule has 4 aromatic rings. The molecule has 27 heavy (non-hydrogen) atoms. The van der Waals surface area contributed by atoms with Gasteiger partial charge in [0, 0.05) is 16.1 Å². The molecule has 0 aliphatic heterocycles. The topological polar surface area (TPSA) is 76.5 Å². The maximum absolute atomic E-state index is 11.6. The van der Waals surface area contributed by atoms with Crippen molar-refractivity contribution in [2.45, 2.75) is 5.22 Å². The van der Waals surface area contributed by atoms with Crippen LogP contribution in [0, 0.1) is 0 Å². The van der Waals surface area contributed by atoms with Crippen LogP contribution in [-0.4, -0.2) is 16.1 Å². The van der Waals surface area contributed by atoms with Crippen molar-refractivity contribution in [1.82, 2.24) is 4.98 Å². The van der Waals surface area contributed by atoms with Gasteiger partial charge in [-0.3, -0.25) is 0 Å². The van der Waals surface area contributed by atoms with Gasteiger partial charge in [0.1, 0.15) is 21.9 Å². The third kappa shape index (κ3) is 3.99. The Labute approximate surface area is 166 Å². The number of carboxylic acids is 1. The second-order valence-electron chi connectivity index (χ2n) is 5.57. The van der Waals surface area contributed by atoms with Gasteiger partial charge >= 0.3 is 5.97 Å². The number of rotatable bonds is 5. The molecule has 0 saturated heterocycles. The van der Waals surface area contributed by atoms with E-state index in [1.54, 1.807) is 18.2 Å². The normalized spacial score (nSPS) is 11.8. The zero-order chi connectivity index (χ0) is 18.8. The van der Waals surface area contributed by atoms with E-state index in [0.29, 0.717) is 22.6 Å². The molecule has 1 N–H and O–H groups in total. The van der Waals surface area contributed by atoms with Crippen LogP contribution in [0.15, 0.2) is 84.1 Å². The van der Waals surface area contributed by atoms with Crippen molar-refractivity contribution in [1.29, 1.82) is 0 Å². The highest BCUT2D eigenvalue weighted by Crippen LogP contribution is 2.32. The number of benzene rings is 2. The Morgan fingerprint density at radius 1 is 1.04 bits per heavy atom. The number of hydrogen-bond donors (Lipinski definition) is 1. The van der Waals surface area contributed by atoms with Crippen molar-refractivity contribution >= 4 is 50.8 Å². The molecule has 0 bridgehead atoms.